The molecule has 1 aliphatic rings. The maximum absolute atomic E-state index is 12.5. The zero-order valence-corrected chi connectivity index (χ0v) is 12.8. The normalized spacial score (nSPS) is 17.4. The average molecular weight is 298 g/mol. The van der Waals surface area contributed by atoms with Crippen LogP contribution in [0.4, 0.5) is 5.69 Å². The maximum Gasteiger partial charge on any atom is 0.256 e. The summed E-state index contributed by atoms with van der Waals surface area (Å²) in [5.41, 5.74) is -0.117. The Morgan fingerprint density at radius 3 is 2.70 bits per heavy atom. The monoisotopic (exact) mass is 297 g/mol. The summed E-state index contributed by atoms with van der Waals surface area (Å²) in [4.78, 5) is 12.5. The molecule has 1 aromatic carbocycles. The summed E-state index contributed by atoms with van der Waals surface area (Å²) >= 11 is 6.06. The molecule has 20 heavy (non-hydrogen) atoms. The molecule has 1 fully saturated rings. The van der Waals surface area contributed by atoms with Gasteiger partial charge in [-0.25, -0.2) is 0 Å². The molecular formula is C15H20ClNO3. The van der Waals surface area contributed by atoms with E-state index < -0.39 is 5.60 Å². The van der Waals surface area contributed by atoms with Crippen molar-refractivity contribution in [3.63, 3.8) is 0 Å². The minimum absolute atomic E-state index is 0.122. The lowest BCUT2D eigenvalue weighted by atomic mass is 9.99. The van der Waals surface area contributed by atoms with E-state index in [1.807, 2.05) is 13.8 Å². The number of anilines is 1. The number of ether oxygens (including phenoxy) is 2. The Balaban J connectivity index is 2.12. The van der Waals surface area contributed by atoms with E-state index in [0.29, 0.717) is 29.0 Å². The fourth-order valence-corrected chi connectivity index (χ4v) is 2.56. The summed E-state index contributed by atoms with van der Waals surface area (Å²) in [7, 11) is 1.55. The van der Waals surface area contributed by atoms with Crippen molar-refractivity contribution in [3.8, 4) is 5.75 Å². The molecule has 0 aromatic heterocycles. The number of amides is 1. The molecule has 0 unspecified atom stereocenters. The second kappa shape index (κ2) is 6.02. The van der Waals surface area contributed by atoms with Crippen LogP contribution in [0, 0.1) is 5.92 Å². The van der Waals surface area contributed by atoms with Crippen molar-refractivity contribution in [2.75, 3.05) is 19.0 Å². The molecule has 1 saturated carbocycles. The van der Waals surface area contributed by atoms with Crippen LogP contribution in [-0.4, -0.2) is 25.2 Å². The molecule has 0 spiro atoms. The van der Waals surface area contributed by atoms with E-state index in [2.05, 4.69) is 5.32 Å². The van der Waals surface area contributed by atoms with Crippen molar-refractivity contribution in [2.24, 2.45) is 5.92 Å². The Labute approximate surface area is 124 Å². The van der Waals surface area contributed by atoms with Gasteiger partial charge in [0.05, 0.1) is 12.1 Å². The van der Waals surface area contributed by atoms with Crippen LogP contribution in [0.1, 0.15) is 26.7 Å². The summed E-state index contributed by atoms with van der Waals surface area (Å²) in [6.45, 7) is 4.27. The smallest absolute Gasteiger partial charge is 0.256 e. The standard InChI is InChI=1S/C15H20ClNO3/c1-4-20-15(2,10-5-6-10)14(18)17-11-7-8-13(19-3)12(16)9-11/h7-10H,4-6H2,1-3H3,(H,17,18)/t15-/m1/s1. The number of rotatable bonds is 6. The molecule has 0 aliphatic heterocycles. The van der Waals surface area contributed by atoms with Gasteiger partial charge in [-0.2, -0.15) is 0 Å². The highest BCUT2D eigenvalue weighted by molar-refractivity contribution is 6.32. The fourth-order valence-electron chi connectivity index (χ4n) is 2.30. The lowest BCUT2D eigenvalue weighted by molar-refractivity contribution is -0.141. The molecule has 4 nitrogen and oxygen atoms in total. The van der Waals surface area contributed by atoms with Gasteiger partial charge in [-0.1, -0.05) is 11.6 Å². The summed E-state index contributed by atoms with van der Waals surface area (Å²) in [5, 5.41) is 3.34. The van der Waals surface area contributed by atoms with Crippen LogP contribution >= 0.6 is 11.6 Å². The second-order valence-corrected chi connectivity index (χ2v) is 5.52. The van der Waals surface area contributed by atoms with Crippen LogP contribution in [0.2, 0.25) is 5.02 Å². The van der Waals surface area contributed by atoms with Crippen molar-refractivity contribution in [3.05, 3.63) is 23.2 Å². The number of benzene rings is 1. The van der Waals surface area contributed by atoms with Crippen molar-refractivity contribution in [1.82, 2.24) is 0 Å². The molecule has 1 amide bonds. The van der Waals surface area contributed by atoms with Crippen LogP contribution in [0.3, 0.4) is 0 Å². The first-order valence-electron chi connectivity index (χ1n) is 6.80. The summed E-state index contributed by atoms with van der Waals surface area (Å²) in [6, 6.07) is 5.17. The van der Waals surface area contributed by atoms with E-state index in [-0.39, 0.29) is 5.91 Å². The summed E-state index contributed by atoms with van der Waals surface area (Å²) in [6.07, 6.45) is 2.07. The van der Waals surface area contributed by atoms with Gasteiger partial charge in [0.2, 0.25) is 0 Å². The fraction of sp³-hybridized carbons (Fsp3) is 0.533. The quantitative estimate of drug-likeness (QED) is 0.874. The Morgan fingerprint density at radius 1 is 1.50 bits per heavy atom. The first kappa shape index (κ1) is 15.1. The molecule has 2 rings (SSSR count). The third kappa shape index (κ3) is 3.07. The lowest BCUT2D eigenvalue weighted by Gasteiger charge is -2.28. The first-order valence-corrected chi connectivity index (χ1v) is 7.18. The molecule has 1 atom stereocenters. The van der Waals surface area contributed by atoms with Gasteiger partial charge in [-0.15, -0.1) is 0 Å². The predicted molar refractivity (Wildman–Crippen MR) is 79.4 cm³/mol. The van der Waals surface area contributed by atoms with Gasteiger partial charge < -0.3 is 14.8 Å². The minimum atomic E-state index is -0.763. The molecule has 1 N–H and O–H groups in total. The van der Waals surface area contributed by atoms with Crippen LogP contribution < -0.4 is 10.1 Å². The number of hydrogen-bond acceptors (Lipinski definition) is 3. The average Bonchev–Trinajstić information content (AvgIpc) is 3.23. The van der Waals surface area contributed by atoms with Gasteiger partial charge in [0, 0.05) is 12.3 Å². The topological polar surface area (TPSA) is 47.6 Å². The summed E-state index contributed by atoms with van der Waals surface area (Å²) in [5.74, 6) is 0.763. The van der Waals surface area contributed by atoms with Crippen LogP contribution in [0.25, 0.3) is 0 Å². The largest absolute Gasteiger partial charge is 0.495 e. The number of halogens is 1. The number of nitrogens with one attached hydrogen (secondary N) is 1. The second-order valence-electron chi connectivity index (χ2n) is 5.12. The zero-order chi connectivity index (χ0) is 14.8. The lowest BCUT2D eigenvalue weighted by Crippen LogP contribution is -2.44. The van der Waals surface area contributed by atoms with E-state index in [1.54, 1.807) is 25.3 Å². The van der Waals surface area contributed by atoms with Crippen LogP contribution in [0.5, 0.6) is 5.75 Å². The van der Waals surface area contributed by atoms with Gasteiger partial charge in [-0.3, -0.25) is 4.79 Å². The van der Waals surface area contributed by atoms with Gasteiger partial charge >= 0.3 is 0 Å². The molecule has 0 heterocycles. The molecular weight excluding hydrogens is 278 g/mol. The van der Waals surface area contributed by atoms with E-state index in [4.69, 9.17) is 21.1 Å². The highest BCUT2D eigenvalue weighted by Gasteiger charge is 2.48. The first-order chi connectivity index (χ1) is 9.51. The van der Waals surface area contributed by atoms with Gasteiger partial charge in [0.15, 0.2) is 0 Å². The van der Waals surface area contributed by atoms with E-state index in [9.17, 15) is 4.79 Å². The van der Waals surface area contributed by atoms with Crippen LogP contribution in [0.15, 0.2) is 18.2 Å². The Bertz CT molecular complexity index is 502. The Kier molecular flexibility index (Phi) is 4.55. The van der Waals surface area contributed by atoms with Gasteiger partial charge in [0.25, 0.3) is 5.91 Å². The van der Waals surface area contributed by atoms with Crippen molar-refractivity contribution in [2.45, 2.75) is 32.3 Å². The van der Waals surface area contributed by atoms with E-state index in [0.717, 1.165) is 12.8 Å². The van der Waals surface area contributed by atoms with Crippen molar-refractivity contribution < 1.29 is 14.3 Å². The van der Waals surface area contributed by atoms with Crippen molar-refractivity contribution >= 4 is 23.2 Å². The third-order valence-electron chi connectivity index (χ3n) is 3.66. The molecule has 0 radical (unpaired) electrons. The van der Waals surface area contributed by atoms with Gasteiger partial charge in [-0.05, 0) is 50.8 Å². The predicted octanol–water partition coefficient (Wildman–Crippen LogP) is 3.49. The van der Waals surface area contributed by atoms with Gasteiger partial charge in [0.1, 0.15) is 11.4 Å². The number of methoxy groups -OCH3 is 1. The number of carbonyl (C=O) groups excluding carboxylic acids is 1. The molecule has 110 valence electrons. The number of hydrogen-bond donors (Lipinski definition) is 1. The summed E-state index contributed by atoms with van der Waals surface area (Å²) < 4.78 is 10.8. The maximum atomic E-state index is 12.5. The van der Waals surface area contributed by atoms with E-state index >= 15 is 0 Å². The SMILES string of the molecule is CCO[C@@](C)(C(=O)Nc1ccc(OC)c(Cl)c1)C1CC1. The zero-order valence-electron chi connectivity index (χ0n) is 12.0. The Morgan fingerprint density at radius 2 is 2.20 bits per heavy atom. The molecule has 0 bridgehead atoms. The Hall–Kier alpha value is -1.26. The highest BCUT2D eigenvalue weighted by Crippen LogP contribution is 2.42. The number of carbonyl (C=O) groups is 1. The van der Waals surface area contributed by atoms with E-state index in [1.165, 1.54) is 0 Å². The molecule has 5 heteroatoms. The third-order valence-corrected chi connectivity index (χ3v) is 3.96. The van der Waals surface area contributed by atoms with Crippen molar-refractivity contribution in [1.29, 1.82) is 0 Å². The van der Waals surface area contributed by atoms with Crippen LogP contribution in [-0.2, 0) is 9.53 Å². The molecule has 1 aromatic rings. The minimum Gasteiger partial charge on any atom is -0.495 e. The molecule has 1 aliphatic carbocycles. The highest BCUT2D eigenvalue weighted by atomic mass is 35.5. The molecule has 0 saturated heterocycles.